The highest BCUT2D eigenvalue weighted by Gasteiger charge is 2.44. The van der Waals surface area contributed by atoms with E-state index in [0.29, 0.717) is 30.8 Å². The Balaban J connectivity index is 1.34. The van der Waals surface area contributed by atoms with Crippen LogP contribution in [-0.4, -0.2) is 56.4 Å². The molecule has 176 valence electrons. The normalized spacial score (nSPS) is 28.3. The molecule has 2 saturated heterocycles. The summed E-state index contributed by atoms with van der Waals surface area (Å²) < 4.78 is 27.1. The molecule has 2 amide bonds. The van der Waals surface area contributed by atoms with E-state index in [-0.39, 0.29) is 23.9 Å². The minimum absolute atomic E-state index is 0.159. The fourth-order valence-electron chi connectivity index (χ4n) is 5.13. The van der Waals surface area contributed by atoms with Gasteiger partial charge < -0.3 is 20.3 Å². The maximum atomic E-state index is 12.0. The number of fused-ring (bicyclic) bond motifs is 3. The zero-order valence-electron chi connectivity index (χ0n) is 18.5. The fraction of sp³-hybridized carbons (Fsp3) is 0.522. The summed E-state index contributed by atoms with van der Waals surface area (Å²) in [6, 6.07) is 8.07. The largest absolute Gasteiger partial charge is 0.377 e. The second-order valence-corrected chi connectivity index (χ2v) is 11.9. The molecule has 3 atom stereocenters. The highest BCUT2D eigenvalue weighted by Crippen LogP contribution is 2.63. The lowest BCUT2D eigenvalue weighted by Gasteiger charge is -2.38. The summed E-state index contributed by atoms with van der Waals surface area (Å²) in [5, 5.41) is 5.38. The second kappa shape index (κ2) is 7.83. The van der Waals surface area contributed by atoms with E-state index in [2.05, 4.69) is 15.5 Å². The van der Waals surface area contributed by atoms with Gasteiger partial charge in [0.2, 0.25) is 0 Å². The van der Waals surface area contributed by atoms with Crippen LogP contribution in [0.2, 0.25) is 0 Å². The average molecular weight is 472 g/mol. The first-order chi connectivity index (χ1) is 15.9. The Morgan fingerprint density at radius 2 is 1.79 bits per heavy atom. The molecule has 3 aliphatic heterocycles. The Morgan fingerprint density at radius 1 is 1.09 bits per heavy atom. The smallest absolute Gasteiger partial charge is 0.319 e. The van der Waals surface area contributed by atoms with Crippen molar-refractivity contribution in [1.82, 2.24) is 15.3 Å². The van der Waals surface area contributed by atoms with Crippen LogP contribution in [0.3, 0.4) is 0 Å². The Morgan fingerprint density at radius 3 is 2.45 bits per heavy atom. The number of nitrogens with zero attached hydrogens (tertiary/aromatic N) is 3. The first-order valence-electron chi connectivity index (χ1n) is 11.6. The van der Waals surface area contributed by atoms with Crippen molar-refractivity contribution >= 4 is 28.1 Å². The van der Waals surface area contributed by atoms with Crippen LogP contribution in [0.25, 0.3) is 11.4 Å². The summed E-state index contributed by atoms with van der Waals surface area (Å²) in [6.07, 6.45) is 4.18. The molecule has 2 aromatic rings. The number of hydrogen-bond acceptors (Lipinski definition) is 7. The lowest BCUT2D eigenvalue weighted by molar-refractivity contribution is 0.0901. The van der Waals surface area contributed by atoms with Gasteiger partial charge >= 0.3 is 6.03 Å². The number of carbonyl (C=O) groups excluding carboxylic acids is 1. The van der Waals surface area contributed by atoms with E-state index in [1.165, 1.54) is 0 Å². The number of anilines is 2. The molecule has 10 heteroatoms. The molecule has 1 saturated carbocycles. The third kappa shape index (κ3) is 3.84. The quantitative estimate of drug-likeness (QED) is 0.529. The van der Waals surface area contributed by atoms with Crippen molar-refractivity contribution < 1.29 is 18.6 Å². The fourth-order valence-corrected chi connectivity index (χ4v) is 6.62. The van der Waals surface area contributed by atoms with E-state index in [4.69, 9.17) is 14.7 Å². The van der Waals surface area contributed by atoms with Crippen LogP contribution in [0.5, 0.6) is 0 Å². The van der Waals surface area contributed by atoms with Gasteiger partial charge in [-0.15, -0.1) is 0 Å². The van der Waals surface area contributed by atoms with E-state index >= 15 is 0 Å². The van der Waals surface area contributed by atoms with Crippen molar-refractivity contribution in [1.29, 1.82) is 0 Å². The van der Waals surface area contributed by atoms with E-state index in [1.807, 2.05) is 31.2 Å². The van der Waals surface area contributed by atoms with Crippen LogP contribution in [0.1, 0.15) is 49.1 Å². The summed E-state index contributed by atoms with van der Waals surface area (Å²) in [5.74, 6) is 1.54. The minimum Gasteiger partial charge on any atom is -0.377 e. The molecule has 3 fully saturated rings. The number of nitrogens with one attached hydrogen (secondary N) is 2. The highest BCUT2D eigenvalue weighted by atomic mass is 32.3. The van der Waals surface area contributed by atoms with Crippen molar-refractivity contribution in [3.8, 4) is 11.4 Å². The number of aromatic nitrogens is 2. The number of morpholine rings is 1. The van der Waals surface area contributed by atoms with Gasteiger partial charge in [0.15, 0.2) is 5.82 Å². The third-order valence-corrected chi connectivity index (χ3v) is 9.19. The molecule has 9 nitrogen and oxygen atoms in total. The number of amides is 2. The third-order valence-electron chi connectivity index (χ3n) is 7.12. The van der Waals surface area contributed by atoms with Crippen LogP contribution in [0.4, 0.5) is 16.3 Å². The molecule has 1 aromatic heterocycles. The molecule has 0 radical (unpaired) electrons. The predicted octanol–water partition coefficient (Wildman–Crippen LogP) is 4.12. The van der Waals surface area contributed by atoms with Gasteiger partial charge in [-0.05, 0) is 56.9 Å². The van der Waals surface area contributed by atoms with E-state index < -0.39 is 15.8 Å². The van der Waals surface area contributed by atoms with Gasteiger partial charge in [0, 0.05) is 22.9 Å². The monoisotopic (exact) mass is 471 g/mol. The molecule has 1 aromatic carbocycles. The molecular formula is C23H29N5O4S. The van der Waals surface area contributed by atoms with Crippen LogP contribution in [0, 0.1) is 0 Å². The van der Waals surface area contributed by atoms with Gasteiger partial charge in [0.1, 0.15) is 5.82 Å². The molecular weight excluding hydrogens is 442 g/mol. The first-order valence-corrected chi connectivity index (χ1v) is 13.4. The Hall–Kier alpha value is -2.40. The van der Waals surface area contributed by atoms with E-state index in [0.717, 1.165) is 48.3 Å². The molecule has 4 heterocycles. The zero-order chi connectivity index (χ0) is 22.7. The molecule has 1 aliphatic carbocycles. The van der Waals surface area contributed by atoms with Crippen molar-refractivity contribution in [3.05, 3.63) is 35.5 Å². The van der Waals surface area contributed by atoms with Gasteiger partial charge in [-0.3, -0.25) is 9.11 Å². The number of hydrogen-bond donors (Lipinski definition) is 4. The van der Waals surface area contributed by atoms with Crippen LogP contribution in [0.15, 0.2) is 24.3 Å². The summed E-state index contributed by atoms with van der Waals surface area (Å²) in [4.78, 5) is 24.1. The molecule has 4 N–H and O–H groups in total. The average Bonchev–Trinajstić information content (AvgIpc) is 3.51. The molecule has 6 rings (SSSR count). The van der Waals surface area contributed by atoms with Crippen LogP contribution >= 0.6 is 10.6 Å². The second-order valence-electron chi connectivity index (χ2n) is 9.51. The SMILES string of the molecule is CC1c2c(nc(-c3ccc(NC(=O)NC4CC4)cc3)nc2N2C3CCC2COC3)CS1(O)O. The molecule has 3 unspecified atom stereocenters. The summed E-state index contributed by atoms with van der Waals surface area (Å²) in [7, 11) is -2.80. The van der Waals surface area contributed by atoms with Crippen molar-refractivity contribution in [2.75, 3.05) is 23.4 Å². The van der Waals surface area contributed by atoms with Gasteiger partial charge in [-0.1, -0.05) is 0 Å². The van der Waals surface area contributed by atoms with Crippen LogP contribution in [-0.2, 0) is 10.5 Å². The van der Waals surface area contributed by atoms with E-state index in [9.17, 15) is 13.9 Å². The number of carbonyl (C=O) groups is 1. The maximum absolute atomic E-state index is 12.0. The number of benzene rings is 1. The summed E-state index contributed by atoms with van der Waals surface area (Å²) in [6.45, 7) is 3.19. The summed E-state index contributed by atoms with van der Waals surface area (Å²) in [5.41, 5.74) is 3.11. The Kier molecular flexibility index (Phi) is 5.02. The van der Waals surface area contributed by atoms with Gasteiger partial charge in [0.25, 0.3) is 0 Å². The molecule has 2 bridgehead atoms. The van der Waals surface area contributed by atoms with Crippen molar-refractivity contribution in [3.63, 3.8) is 0 Å². The van der Waals surface area contributed by atoms with Gasteiger partial charge in [-0.25, -0.2) is 14.8 Å². The standard InChI is InChI=1S/C23H29N5O4S/c1-13-20-19(12-33(13,30)31)26-21(27-22(20)28-17-8-9-18(28)11-32-10-17)14-2-4-15(5-3-14)24-23(29)25-16-6-7-16/h2-5,13,16-18,30-31H,6-12H2,1H3,(H2,24,25,29). The first kappa shape index (κ1) is 21.2. The molecule has 4 aliphatic rings. The number of ether oxygens (including phenoxy) is 1. The Bertz CT molecular complexity index is 1080. The molecule has 0 spiro atoms. The maximum Gasteiger partial charge on any atom is 0.319 e. The van der Waals surface area contributed by atoms with Crippen molar-refractivity contribution in [2.24, 2.45) is 0 Å². The zero-order valence-corrected chi connectivity index (χ0v) is 19.3. The van der Waals surface area contributed by atoms with Gasteiger partial charge in [0.05, 0.1) is 42.0 Å². The van der Waals surface area contributed by atoms with E-state index in [1.54, 1.807) is 0 Å². The lowest BCUT2D eigenvalue weighted by atomic mass is 10.1. The summed E-state index contributed by atoms with van der Waals surface area (Å²) >= 11 is 0. The minimum atomic E-state index is -2.80. The van der Waals surface area contributed by atoms with Crippen LogP contribution < -0.4 is 15.5 Å². The molecule has 33 heavy (non-hydrogen) atoms. The van der Waals surface area contributed by atoms with Gasteiger partial charge in [-0.2, -0.15) is 10.6 Å². The highest BCUT2D eigenvalue weighted by molar-refractivity contribution is 8.24. The lowest BCUT2D eigenvalue weighted by Crippen LogP contribution is -2.47. The predicted molar refractivity (Wildman–Crippen MR) is 128 cm³/mol. The van der Waals surface area contributed by atoms with Crippen molar-refractivity contribution in [2.45, 2.75) is 61.7 Å². The Labute approximate surface area is 194 Å². The topological polar surface area (TPSA) is 120 Å². The number of rotatable bonds is 4. The number of urea groups is 1.